The number of rotatable bonds is 3. The Kier molecular flexibility index (Phi) is 5.74. The number of hydrogen-bond donors (Lipinski definition) is 3. The van der Waals surface area contributed by atoms with Crippen molar-refractivity contribution in [2.75, 3.05) is 5.88 Å². The standard InChI is InChI=1S/C18H27NO2S/c1-17(2,3)13-9-12(7-8-15(20)19-11-22)10-14(16(13)21)18(4,5)6/h7-10,21-22H,11H2,1-6H3,(H,19,20)/b8-7+. The summed E-state index contributed by atoms with van der Waals surface area (Å²) in [5.41, 5.74) is 2.31. The van der Waals surface area contributed by atoms with Crippen LogP contribution in [0.1, 0.15) is 58.2 Å². The molecule has 0 saturated heterocycles. The Labute approximate surface area is 139 Å². The summed E-state index contributed by atoms with van der Waals surface area (Å²) in [5, 5.41) is 13.2. The second kappa shape index (κ2) is 6.78. The Balaban J connectivity index is 3.39. The largest absolute Gasteiger partial charge is 0.507 e. The van der Waals surface area contributed by atoms with E-state index in [1.807, 2.05) is 12.1 Å². The smallest absolute Gasteiger partial charge is 0.244 e. The summed E-state index contributed by atoms with van der Waals surface area (Å²) >= 11 is 3.96. The lowest BCUT2D eigenvalue weighted by atomic mass is 9.78. The first-order valence-electron chi connectivity index (χ1n) is 7.41. The van der Waals surface area contributed by atoms with Crippen LogP contribution in [0.15, 0.2) is 18.2 Å². The topological polar surface area (TPSA) is 49.3 Å². The highest BCUT2D eigenvalue weighted by Gasteiger charge is 2.26. The number of amides is 1. The van der Waals surface area contributed by atoms with Gasteiger partial charge in [-0.05, 0) is 34.6 Å². The number of nitrogens with one attached hydrogen (secondary N) is 1. The van der Waals surface area contributed by atoms with E-state index in [1.165, 1.54) is 6.08 Å². The zero-order valence-electron chi connectivity index (χ0n) is 14.3. The van der Waals surface area contributed by atoms with Crippen LogP contribution in [-0.4, -0.2) is 16.9 Å². The number of hydrogen-bond acceptors (Lipinski definition) is 3. The molecule has 0 bridgehead atoms. The van der Waals surface area contributed by atoms with Crippen LogP contribution in [0.5, 0.6) is 5.75 Å². The van der Waals surface area contributed by atoms with Gasteiger partial charge >= 0.3 is 0 Å². The van der Waals surface area contributed by atoms with Gasteiger partial charge in [-0.2, -0.15) is 12.6 Å². The Hall–Kier alpha value is -1.42. The predicted molar refractivity (Wildman–Crippen MR) is 96.5 cm³/mol. The van der Waals surface area contributed by atoms with Crippen molar-refractivity contribution in [3.05, 3.63) is 34.9 Å². The summed E-state index contributed by atoms with van der Waals surface area (Å²) in [6.07, 6.45) is 3.25. The molecule has 1 aromatic rings. The lowest BCUT2D eigenvalue weighted by molar-refractivity contribution is -0.116. The van der Waals surface area contributed by atoms with Crippen LogP contribution in [0.4, 0.5) is 0 Å². The third kappa shape index (κ3) is 4.80. The Morgan fingerprint density at radius 3 is 1.95 bits per heavy atom. The normalized spacial score (nSPS) is 12.7. The average Bonchev–Trinajstić information content (AvgIpc) is 2.35. The van der Waals surface area contributed by atoms with Crippen LogP contribution in [0, 0.1) is 0 Å². The Morgan fingerprint density at radius 2 is 1.59 bits per heavy atom. The van der Waals surface area contributed by atoms with Gasteiger partial charge in [-0.15, -0.1) is 0 Å². The van der Waals surface area contributed by atoms with E-state index in [9.17, 15) is 9.90 Å². The first-order chi connectivity index (χ1) is 9.96. The minimum Gasteiger partial charge on any atom is -0.507 e. The summed E-state index contributed by atoms with van der Waals surface area (Å²) < 4.78 is 0. The van der Waals surface area contributed by atoms with Crippen LogP contribution < -0.4 is 5.32 Å². The fourth-order valence-electron chi connectivity index (χ4n) is 2.21. The zero-order valence-corrected chi connectivity index (χ0v) is 15.2. The molecule has 0 unspecified atom stereocenters. The second-order valence-electron chi connectivity index (χ2n) is 7.50. The summed E-state index contributed by atoms with van der Waals surface area (Å²) in [6, 6.07) is 3.88. The third-order valence-electron chi connectivity index (χ3n) is 3.43. The SMILES string of the molecule is CC(C)(C)c1cc(/C=C/C(=O)NCS)cc(C(C)(C)C)c1O. The van der Waals surface area contributed by atoms with E-state index in [2.05, 4.69) is 59.5 Å². The molecule has 0 heterocycles. The van der Waals surface area contributed by atoms with Crippen molar-refractivity contribution in [3.63, 3.8) is 0 Å². The molecular weight excluding hydrogens is 294 g/mol. The molecule has 4 heteroatoms. The van der Waals surface area contributed by atoms with E-state index < -0.39 is 0 Å². The first kappa shape index (κ1) is 18.6. The van der Waals surface area contributed by atoms with Crippen molar-refractivity contribution in [1.29, 1.82) is 0 Å². The van der Waals surface area contributed by atoms with Gasteiger partial charge in [0.05, 0.1) is 5.88 Å². The first-order valence-corrected chi connectivity index (χ1v) is 8.05. The van der Waals surface area contributed by atoms with Gasteiger partial charge in [0.2, 0.25) is 5.91 Å². The van der Waals surface area contributed by atoms with Crippen molar-refractivity contribution in [2.45, 2.75) is 52.4 Å². The maximum absolute atomic E-state index is 11.6. The average molecular weight is 321 g/mol. The quantitative estimate of drug-likeness (QED) is 0.448. The fourth-order valence-corrected chi connectivity index (χ4v) is 2.36. The number of carbonyl (C=O) groups is 1. The van der Waals surface area contributed by atoms with Crippen LogP contribution >= 0.6 is 12.6 Å². The number of phenols is 1. The third-order valence-corrected chi connectivity index (χ3v) is 3.59. The molecule has 0 aromatic heterocycles. The van der Waals surface area contributed by atoms with Gasteiger partial charge in [0.15, 0.2) is 0 Å². The molecule has 0 spiro atoms. The van der Waals surface area contributed by atoms with Gasteiger partial charge in [-0.1, -0.05) is 41.5 Å². The van der Waals surface area contributed by atoms with Crippen molar-refractivity contribution in [3.8, 4) is 5.75 Å². The van der Waals surface area contributed by atoms with E-state index in [0.717, 1.165) is 16.7 Å². The van der Waals surface area contributed by atoms with Gasteiger partial charge in [0.1, 0.15) is 5.75 Å². The molecule has 1 amide bonds. The van der Waals surface area contributed by atoms with Gasteiger partial charge in [-0.25, -0.2) is 0 Å². The molecule has 0 aliphatic heterocycles. The van der Waals surface area contributed by atoms with Crippen LogP contribution in [0.2, 0.25) is 0 Å². The van der Waals surface area contributed by atoms with Crippen LogP contribution in [-0.2, 0) is 15.6 Å². The number of phenolic OH excluding ortho intramolecular Hbond substituents is 1. The summed E-state index contributed by atoms with van der Waals surface area (Å²) in [6.45, 7) is 12.4. The van der Waals surface area contributed by atoms with E-state index in [0.29, 0.717) is 11.6 Å². The van der Waals surface area contributed by atoms with Crippen molar-refractivity contribution >= 4 is 24.6 Å². The van der Waals surface area contributed by atoms with Gasteiger partial charge < -0.3 is 10.4 Å². The molecule has 1 rings (SSSR count). The highest BCUT2D eigenvalue weighted by Crippen LogP contribution is 2.39. The molecule has 0 aliphatic rings. The predicted octanol–water partition coefficient (Wildman–Crippen LogP) is 4.00. The van der Waals surface area contributed by atoms with Crippen LogP contribution in [0.3, 0.4) is 0 Å². The maximum atomic E-state index is 11.6. The van der Waals surface area contributed by atoms with Crippen molar-refractivity contribution in [1.82, 2.24) is 5.32 Å². The Morgan fingerprint density at radius 1 is 1.14 bits per heavy atom. The summed E-state index contributed by atoms with van der Waals surface area (Å²) in [7, 11) is 0. The molecule has 2 N–H and O–H groups in total. The summed E-state index contributed by atoms with van der Waals surface area (Å²) in [4.78, 5) is 11.6. The van der Waals surface area contributed by atoms with E-state index in [4.69, 9.17) is 0 Å². The van der Waals surface area contributed by atoms with E-state index >= 15 is 0 Å². The molecule has 122 valence electrons. The zero-order chi connectivity index (χ0) is 17.1. The minimum absolute atomic E-state index is 0.179. The summed E-state index contributed by atoms with van der Waals surface area (Å²) in [5.74, 6) is 0.467. The van der Waals surface area contributed by atoms with Crippen molar-refractivity contribution < 1.29 is 9.90 Å². The number of carbonyl (C=O) groups excluding carboxylic acids is 1. The minimum atomic E-state index is -0.183. The highest BCUT2D eigenvalue weighted by molar-refractivity contribution is 7.80. The van der Waals surface area contributed by atoms with E-state index in [1.54, 1.807) is 6.08 Å². The van der Waals surface area contributed by atoms with Crippen LogP contribution in [0.25, 0.3) is 6.08 Å². The van der Waals surface area contributed by atoms with Crippen molar-refractivity contribution in [2.24, 2.45) is 0 Å². The van der Waals surface area contributed by atoms with E-state index in [-0.39, 0.29) is 16.7 Å². The molecule has 0 atom stereocenters. The number of benzene rings is 1. The molecular formula is C18H27NO2S. The maximum Gasteiger partial charge on any atom is 0.244 e. The molecule has 22 heavy (non-hydrogen) atoms. The molecule has 3 nitrogen and oxygen atoms in total. The Bertz CT molecular complexity index is 543. The molecule has 0 fully saturated rings. The molecule has 0 radical (unpaired) electrons. The lowest BCUT2D eigenvalue weighted by Gasteiger charge is -2.27. The molecule has 0 aliphatic carbocycles. The number of aromatic hydroxyl groups is 1. The monoisotopic (exact) mass is 321 g/mol. The molecule has 0 saturated carbocycles. The second-order valence-corrected chi connectivity index (χ2v) is 7.81. The number of thiol groups is 1. The van der Waals surface area contributed by atoms with Gasteiger partial charge in [-0.3, -0.25) is 4.79 Å². The van der Waals surface area contributed by atoms with Gasteiger partial charge in [0, 0.05) is 17.2 Å². The lowest BCUT2D eigenvalue weighted by Crippen LogP contribution is -2.19. The fraction of sp³-hybridized carbons (Fsp3) is 0.500. The highest BCUT2D eigenvalue weighted by atomic mass is 32.1. The molecule has 1 aromatic carbocycles. The van der Waals surface area contributed by atoms with Gasteiger partial charge in [0.25, 0.3) is 0 Å².